The molecule has 3 heteroatoms. The van der Waals surface area contributed by atoms with Crippen LogP contribution in [0.3, 0.4) is 0 Å². The molecule has 3 nitrogen and oxygen atoms in total. The van der Waals surface area contributed by atoms with Gasteiger partial charge in [0, 0.05) is 19.0 Å². The van der Waals surface area contributed by atoms with Gasteiger partial charge in [0.05, 0.1) is 0 Å². The third-order valence-corrected chi connectivity index (χ3v) is 2.69. The van der Waals surface area contributed by atoms with Crippen LogP contribution in [0.4, 0.5) is 0 Å². The minimum absolute atomic E-state index is 0.114. The van der Waals surface area contributed by atoms with Gasteiger partial charge in [-0.05, 0) is 32.2 Å². The van der Waals surface area contributed by atoms with Crippen LogP contribution in [0.15, 0.2) is 0 Å². The Bertz CT molecular complexity index is 164. The fourth-order valence-corrected chi connectivity index (χ4v) is 1.80. The standard InChI is InChI=1S/C10H20N2O/c1-9(5-6-11)10(13)12-7-3-2-4-8-12/h9H,2-8,11H2,1H3. The third-order valence-electron chi connectivity index (χ3n) is 2.69. The molecule has 1 unspecified atom stereocenters. The number of likely N-dealkylation sites (tertiary alicyclic amines) is 1. The van der Waals surface area contributed by atoms with Crippen LogP contribution >= 0.6 is 0 Å². The smallest absolute Gasteiger partial charge is 0.225 e. The van der Waals surface area contributed by atoms with Crippen LogP contribution in [0.1, 0.15) is 32.6 Å². The van der Waals surface area contributed by atoms with Crippen LogP contribution in [-0.2, 0) is 4.79 Å². The first-order valence-electron chi connectivity index (χ1n) is 5.24. The van der Waals surface area contributed by atoms with Crippen molar-refractivity contribution in [3.8, 4) is 0 Å². The van der Waals surface area contributed by atoms with Crippen LogP contribution in [0, 0.1) is 5.92 Å². The highest BCUT2D eigenvalue weighted by molar-refractivity contribution is 5.78. The maximum absolute atomic E-state index is 11.8. The van der Waals surface area contributed by atoms with Crippen LogP contribution in [0.5, 0.6) is 0 Å². The molecule has 1 fully saturated rings. The van der Waals surface area contributed by atoms with E-state index in [1.807, 2.05) is 11.8 Å². The average molecular weight is 184 g/mol. The molecule has 0 spiro atoms. The van der Waals surface area contributed by atoms with E-state index in [1.165, 1.54) is 19.3 Å². The van der Waals surface area contributed by atoms with Crippen molar-refractivity contribution >= 4 is 5.91 Å². The number of nitrogens with zero attached hydrogens (tertiary/aromatic N) is 1. The number of hydrogen-bond donors (Lipinski definition) is 1. The second kappa shape index (κ2) is 5.22. The van der Waals surface area contributed by atoms with Crippen molar-refractivity contribution < 1.29 is 4.79 Å². The second-order valence-electron chi connectivity index (χ2n) is 3.86. The van der Waals surface area contributed by atoms with Crippen molar-refractivity contribution in [2.24, 2.45) is 11.7 Å². The maximum Gasteiger partial charge on any atom is 0.225 e. The third kappa shape index (κ3) is 2.99. The molecule has 1 rings (SSSR count). The van der Waals surface area contributed by atoms with E-state index in [0.29, 0.717) is 12.5 Å². The molecule has 1 aliphatic heterocycles. The van der Waals surface area contributed by atoms with Gasteiger partial charge >= 0.3 is 0 Å². The molecule has 1 amide bonds. The number of rotatable bonds is 3. The van der Waals surface area contributed by atoms with Crippen molar-refractivity contribution in [2.45, 2.75) is 32.6 Å². The van der Waals surface area contributed by atoms with Crippen molar-refractivity contribution in [1.29, 1.82) is 0 Å². The van der Waals surface area contributed by atoms with Gasteiger partial charge in [-0.1, -0.05) is 6.92 Å². The molecule has 0 aromatic rings. The zero-order chi connectivity index (χ0) is 9.68. The summed E-state index contributed by atoms with van der Waals surface area (Å²) in [6.07, 6.45) is 4.42. The largest absolute Gasteiger partial charge is 0.342 e. The summed E-state index contributed by atoms with van der Waals surface area (Å²) in [5, 5.41) is 0. The molecule has 0 aliphatic carbocycles. The Hall–Kier alpha value is -0.570. The first-order valence-corrected chi connectivity index (χ1v) is 5.24. The van der Waals surface area contributed by atoms with Crippen molar-refractivity contribution in [3.05, 3.63) is 0 Å². The summed E-state index contributed by atoms with van der Waals surface area (Å²) >= 11 is 0. The molecule has 0 radical (unpaired) electrons. The Morgan fingerprint density at radius 3 is 2.54 bits per heavy atom. The van der Waals surface area contributed by atoms with Gasteiger partial charge < -0.3 is 10.6 Å². The molecule has 1 saturated heterocycles. The van der Waals surface area contributed by atoms with E-state index in [2.05, 4.69) is 0 Å². The molecule has 2 N–H and O–H groups in total. The summed E-state index contributed by atoms with van der Waals surface area (Å²) in [6.45, 7) is 4.49. The minimum atomic E-state index is 0.114. The summed E-state index contributed by atoms with van der Waals surface area (Å²) < 4.78 is 0. The van der Waals surface area contributed by atoms with E-state index in [0.717, 1.165) is 19.5 Å². The van der Waals surface area contributed by atoms with Gasteiger partial charge in [0.25, 0.3) is 0 Å². The fraction of sp³-hybridized carbons (Fsp3) is 0.900. The number of nitrogens with two attached hydrogens (primary N) is 1. The quantitative estimate of drug-likeness (QED) is 0.711. The number of hydrogen-bond acceptors (Lipinski definition) is 2. The number of carbonyl (C=O) groups is 1. The average Bonchev–Trinajstić information content (AvgIpc) is 2.18. The van der Waals surface area contributed by atoms with Gasteiger partial charge in [0.2, 0.25) is 5.91 Å². The Kier molecular flexibility index (Phi) is 4.22. The van der Waals surface area contributed by atoms with Crippen molar-refractivity contribution in [1.82, 2.24) is 4.90 Å². The van der Waals surface area contributed by atoms with Crippen LogP contribution in [-0.4, -0.2) is 30.4 Å². The topological polar surface area (TPSA) is 46.3 Å². The fourth-order valence-electron chi connectivity index (χ4n) is 1.80. The van der Waals surface area contributed by atoms with Gasteiger partial charge in [-0.2, -0.15) is 0 Å². The Morgan fingerprint density at radius 1 is 1.38 bits per heavy atom. The van der Waals surface area contributed by atoms with Gasteiger partial charge in [-0.3, -0.25) is 4.79 Å². The molecule has 1 atom stereocenters. The SMILES string of the molecule is CC(CCN)C(=O)N1CCCCC1. The second-order valence-corrected chi connectivity index (χ2v) is 3.86. The van der Waals surface area contributed by atoms with E-state index in [-0.39, 0.29) is 5.92 Å². The first-order chi connectivity index (χ1) is 6.25. The van der Waals surface area contributed by atoms with Gasteiger partial charge in [0.15, 0.2) is 0 Å². The minimum Gasteiger partial charge on any atom is -0.342 e. The molecule has 0 bridgehead atoms. The summed E-state index contributed by atoms with van der Waals surface area (Å²) in [7, 11) is 0. The molecule has 13 heavy (non-hydrogen) atoms. The first kappa shape index (κ1) is 10.5. The zero-order valence-corrected chi connectivity index (χ0v) is 8.46. The highest BCUT2D eigenvalue weighted by Crippen LogP contribution is 2.13. The number of amides is 1. The molecule has 76 valence electrons. The highest BCUT2D eigenvalue weighted by atomic mass is 16.2. The normalized spacial score (nSPS) is 20.0. The van der Waals surface area contributed by atoms with E-state index in [4.69, 9.17) is 5.73 Å². The van der Waals surface area contributed by atoms with Crippen molar-refractivity contribution in [2.75, 3.05) is 19.6 Å². The monoisotopic (exact) mass is 184 g/mol. The zero-order valence-electron chi connectivity index (χ0n) is 8.46. The lowest BCUT2D eigenvalue weighted by molar-refractivity contribution is -0.136. The molecule has 1 aliphatic rings. The number of carbonyl (C=O) groups excluding carboxylic acids is 1. The van der Waals surface area contributed by atoms with Gasteiger partial charge in [-0.25, -0.2) is 0 Å². The molecule has 0 saturated carbocycles. The summed E-state index contributed by atoms with van der Waals surface area (Å²) in [5.74, 6) is 0.410. The van der Waals surface area contributed by atoms with E-state index < -0.39 is 0 Å². The van der Waals surface area contributed by atoms with Crippen molar-refractivity contribution in [3.63, 3.8) is 0 Å². The summed E-state index contributed by atoms with van der Waals surface area (Å²) in [6, 6.07) is 0. The summed E-state index contributed by atoms with van der Waals surface area (Å²) in [4.78, 5) is 13.7. The lowest BCUT2D eigenvalue weighted by atomic mass is 10.0. The number of piperidine rings is 1. The predicted octanol–water partition coefficient (Wildman–Crippen LogP) is 0.984. The Labute approximate surface area is 80.3 Å². The molecule has 0 aromatic carbocycles. The van der Waals surface area contributed by atoms with E-state index >= 15 is 0 Å². The Balaban J connectivity index is 2.36. The van der Waals surface area contributed by atoms with Gasteiger partial charge in [-0.15, -0.1) is 0 Å². The lowest BCUT2D eigenvalue weighted by Crippen LogP contribution is -2.39. The van der Waals surface area contributed by atoms with E-state index in [1.54, 1.807) is 0 Å². The molecular formula is C10H20N2O. The Morgan fingerprint density at radius 2 is 2.00 bits per heavy atom. The lowest BCUT2D eigenvalue weighted by Gasteiger charge is -2.29. The van der Waals surface area contributed by atoms with E-state index in [9.17, 15) is 4.79 Å². The molecular weight excluding hydrogens is 164 g/mol. The predicted molar refractivity (Wildman–Crippen MR) is 53.3 cm³/mol. The summed E-state index contributed by atoms with van der Waals surface area (Å²) in [5.41, 5.74) is 5.43. The van der Waals surface area contributed by atoms with Crippen LogP contribution < -0.4 is 5.73 Å². The van der Waals surface area contributed by atoms with Gasteiger partial charge in [0.1, 0.15) is 0 Å². The highest BCUT2D eigenvalue weighted by Gasteiger charge is 2.20. The van der Waals surface area contributed by atoms with Crippen LogP contribution in [0.2, 0.25) is 0 Å². The molecule has 0 aromatic heterocycles. The van der Waals surface area contributed by atoms with Crippen LogP contribution in [0.25, 0.3) is 0 Å². The molecule has 1 heterocycles. The maximum atomic E-state index is 11.8.